The van der Waals surface area contributed by atoms with Crippen LogP contribution in [0.3, 0.4) is 0 Å². The second-order valence-electron chi connectivity index (χ2n) is 5.60. The normalized spacial score (nSPS) is 25.4. The minimum Gasteiger partial charge on any atom is -0.508 e. The topological polar surface area (TPSA) is 57.6 Å². The van der Waals surface area contributed by atoms with Gasteiger partial charge in [-0.25, -0.2) is 0 Å². The number of hydrogen-bond donors (Lipinski definition) is 1. The molecule has 2 aliphatic rings. The van der Waals surface area contributed by atoms with Gasteiger partial charge in [-0.1, -0.05) is 12.1 Å². The maximum absolute atomic E-state index is 11.5. The zero-order valence-electron chi connectivity index (χ0n) is 11.4. The molecule has 20 heavy (non-hydrogen) atoms. The van der Waals surface area contributed by atoms with E-state index in [9.17, 15) is 14.7 Å². The third-order valence-electron chi connectivity index (χ3n) is 4.34. The van der Waals surface area contributed by atoms with Crippen molar-refractivity contribution in [1.29, 1.82) is 0 Å². The van der Waals surface area contributed by atoms with E-state index in [4.69, 9.17) is 0 Å². The molecule has 0 bridgehead atoms. The average Bonchev–Trinajstić information content (AvgIpc) is 2.79. The molecule has 1 aliphatic carbocycles. The Labute approximate surface area is 117 Å². The monoisotopic (exact) mass is 271 g/mol. The summed E-state index contributed by atoms with van der Waals surface area (Å²) >= 11 is 0. The lowest BCUT2D eigenvalue weighted by molar-refractivity contribution is -0.119. The Morgan fingerprint density at radius 2 is 2.20 bits per heavy atom. The highest BCUT2D eigenvalue weighted by Gasteiger charge is 2.40. The van der Waals surface area contributed by atoms with Gasteiger partial charge in [-0.3, -0.25) is 9.59 Å². The Kier molecular flexibility index (Phi) is 3.08. The predicted molar refractivity (Wildman–Crippen MR) is 74.2 cm³/mol. The van der Waals surface area contributed by atoms with Crippen molar-refractivity contribution < 1.29 is 14.7 Å². The predicted octanol–water partition coefficient (Wildman–Crippen LogP) is 2.12. The largest absolute Gasteiger partial charge is 0.508 e. The van der Waals surface area contributed by atoms with Crippen molar-refractivity contribution in [3.63, 3.8) is 0 Å². The van der Waals surface area contributed by atoms with Crippen LogP contribution >= 0.6 is 0 Å². The number of aryl methyl sites for hydroxylation is 1. The molecule has 1 N–H and O–H groups in total. The summed E-state index contributed by atoms with van der Waals surface area (Å²) in [6.07, 6.45) is 3.84. The molecule has 1 amide bonds. The van der Waals surface area contributed by atoms with Gasteiger partial charge in [-0.2, -0.15) is 0 Å². The number of ketones is 1. The molecule has 1 heterocycles. The molecule has 104 valence electrons. The van der Waals surface area contributed by atoms with Crippen LogP contribution in [-0.2, 0) is 9.59 Å². The average molecular weight is 271 g/mol. The van der Waals surface area contributed by atoms with E-state index in [1.165, 1.54) is 0 Å². The molecule has 0 radical (unpaired) electrons. The molecule has 1 aromatic rings. The Morgan fingerprint density at radius 3 is 2.90 bits per heavy atom. The second-order valence-corrected chi connectivity index (χ2v) is 5.60. The maximum Gasteiger partial charge on any atom is 0.210 e. The summed E-state index contributed by atoms with van der Waals surface area (Å²) in [6, 6.07) is 5.48. The molecule has 1 aliphatic heterocycles. The number of aromatic hydroxyl groups is 1. The standard InChI is InChI=1S/C16H17NO3/c1-10-2-3-11(7-15(10)20)16-14-5-4-13(19)6-12(14)8-17(16)9-18/h2-3,6-7,9,14,16,20H,4-5,8H2,1H3/t14-,16+/m1/s1. The maximum atomic E-state index is 11.5. The molecular weight excluding hydrogens is 254 g/mol. The fourth-order valence-electron chi connectivity index (χ4n) is 3.27. The lowest BCUT2D eigenvalue weighted by Gasteiger charge is -2.26. The number of rotatable bonds is 2. The highest BCUT2D eigenvalue weighted by atomic mass is 16.3. The first-order valence-corrected chi connectivity index (χ1v) is 6.84. The Morgan fingerprint density at radius 1 is 1.40 bits per heavy atom. The Bertz CT molecular complexity index is 606. The summed E-state index contributed by atoms with van der Waals surface area (Å²) < 4.78 is 0. The second kappa shape index (κ2) is 4.78. The minimum absolute atomic E-state index is 0.0710. The SMILES string of the molecule is Cc1ccc([C@H]2[C@@H]3CCC(=O)C=C3CN2C=O)cc1O. The summed E-state index contributed by atoms with van der Waals surface area (Å²) in [4.78, 5) is 24.6. The van der Waals surface area contributed by atoms with Crippen LogP contribution in [0, 0.1) is 12.8 Å². The summed E-state index contributed by atoms with van der Waals surface area (Å²) in [7, 11) is 0. The number of allylic oxidation sites excluding steroid dienone is 1. The van der Waals surface area contributed by atoms with Crippen molar-refractivity contribution >= 4 is 12.2 Å². The van der Waals surface area contributed by atoms with Gasteiger partial charge in [0.25, 0.3) is 0 Å². The number of carbonyl (C=O) groups is 2. The first-order valence-electron chi connectivity index (χ1n) is 6.84. The smallest absolute Gasteiger partial charge is 0.210 e. The molecule has 0 spiro atoms. The number of fused-ring (bicyclic) bond motifs is 1. The number of benzene rings is 1. The van der Waals surface area contributed by atoms with Gasteiger partial charge in [0.1, 0.15) is 5.75 Å². The fraction of sp³-hybridized carbons (Fsp3) is 0.375. The Balaban J connectivity index is 2.01. The summed E-state index contributed by atoms with van der Waals surface area (Å²) in [5, 5.41) is 9.88. The van der Waals surface area contributed by atoms with Crippen LogP contribution in [0.2, 0.25) is 0 Å². The molecule has 3 rings (SSSR count). The molecule has 4 nitrogen and oxygen atoms in total. The van der Waals surface area contributed by atoms with E-state index in [-0.39, 0.29) is 23.5 Å². The van der Waals surface area contributed by atoms with E-state index in [2.05, 4.69) is 0 Å². The molecule has 1 saturated heterocycles. The van der Waals surface area contributed by atoms with Crippen molar-refractivity contribution in [1.82, 2.24) is 4.90 Å². The molecule has 2 atom stereocenters. The van der Waals surface area contributed by atoms with E-state index in [0.29, 0.717) is 13.0 Å². The van der Waals surface area contributed by atoms with Gasteiger partial charge in [-0.05, 0) is 42.2 Å². The molecule has 0 saturated carbocycles. The Hall–Kier alpha value is -2.10. The van der Waals surface area contributed by atoms with E-state index in [0.717, 1.165) is 29.5 Å². The van der Waals surface area contributed by atoms with Gasteiger partial charge in [0.2, 0.25) is 6.41 Å². The first kappa shape index (κ1) is 12.9. The summed E-state index contributed by atoms with van der Waals surface area (Å²) in [6.45, 7) is 2.36. The number of phenolic OH excluding ortho intramolecular Hbond substituents is 1. The van der Waals surface area contributed by atoms with Gasteiger partial charge >= 0.3 is 0 Å². The minimum atomic E-state index is -0.0710. The molecule has 4 heteroatoms. The number of nitrogens with zero attached hydrogens (tertiary/aromatic N) is 1. The highest BCUT2D eigenvalue weighted by molar-refractivity contribution is 5.91. The van der Waals surface area contributed by atoms with Crippen LogP contribution in [0.4, 0.5) is 0 Å². The highest BCUT2D eigenvalue weighted by Crippen LogP contribution is 2.44. The van der Waals surface area contributed by atoms with Crippen LogP contribution in [0.15, 0.2) is 29.8 Å². The van der Waals surface area contributed by atoms with E-state index >= 15 is 0 Å². The van der Waals surface area contributed by atoms with Crippen molar-refractivity contribution in [2.24, 2.45) is 5.92 Å². The first-order chi connectivity index (χ1) is 9.60. The molecule has 1 fully saturated rings. The van der Waals surface area contributed by atoms with Crippen molar-refractivity contribution in [3.8, 4) is 5.75 Å². The number of carbonyl (C=O) groups excluding carboxylic acids is 2. The van der Waals surface area contributed by atoms with Gasteiger partial charge in [0.05, 0.1) is 6.04 Å². The number of phenols is 1. The fourth-order valence-corrected chi connectivity index (χ4v) is 3.27. The number of hydrogen-bond acceptors (Lipinski definition) is 3. The third kappa shape index (κ3) is 2.01. The lowest BCUT2D eigenvalue weighted by Crippen LogP contribution is -2.24. The van der Waals surface area contributed by atoms with Crippen LogP contribution in [0.5, 0.6) is 5.75 Å². The van der Waals surface area contributed by atoms with E-state index in [1.807, 2.05) is 19.1 Å². The van der Waals surface area contributed by atoms with Crippen molar-refractivity contribution in [3.05, 3.63) is 41.0 Å². The van der Waals surface area contributed by atoms with Crippen LogP contribution < -0.4 is 0 Å². The van der Waals surface area contributed by atoms with Crippen LogP contribution in [0.1, 0.15) is 30.0 Å². The quantitative estimate of drug-likeness (QED) is 0.838. The van der Waals surface area contributed by atoms with Crippen molar-refractivity contribution in [2.75, 3.05) is 6.54 Å². The summed E-state index contributed by atoms with van der Waals surface area (Å²) in [5.41, 5.74) is 2.79. The molecule has 0 unspecified atom stereocenters. The van der Waals surface area contributed by atoms with E-state index < -0.39 is 0 Å². The van der Waals surface area contributed by atoms with Gasteiger partial charge < -0.3 is 10.0 Å². The summed E-state index contributed by atoms with van der Waals surface area (Å²) in [5.74, 6) is 0.590. The molecule has 0 aromatic heterocycles. The molecule has 1 aromatic carbocycles. The van der Waals surface area contributed by atoms with Crippen LogP contribution in [-0.4, -0.2) is 28.7 Å². The zero-order chi connectivity index (χ0) is 14.3. The van der Waals surface area contributed by atoms with Crippen LogP contribution in [0.25, 0.3) is 0 Å². The van der Waals surface area contributed by atoms with Gasteiger partial charge in [0, 0.05) is 18.9 Å². The number of likely N-dealkylation sites (tertiary alicyclic amines) is 1. The molecular formula is C16H17NO3. The lowest BCUT2D eigenvalue weighted by atomic mass is 9.82. The number of amides is 1. The van der Waals surface area contributed by atoms with Gasteiger partial charge in [0.15, 0.2) is 5.78 Å². The van der Waals surface area contributed by atoms with E-state index in [1.54, 1.807) is 17.0 Å². The zero-order valence-corrected chi connectivity index (χ0v) is 11.4. The van der Waals surface area contributed by atoms with Crippen molar-refractivity contribution in [2.45, 2.75) is 25.8 Å². The van der Waals surface area contributed by atoms with Gasteiger partial charge in [-0.15, -0.1) is 0 Å². The third-order valence-corrected chi connectivity index (χ3v) is 4.34.